The molecule has 0 saturated heterocycles. The maximum atomic E-state index is 11.0. The molecule has 0 aliphatic carbocycles. The summed E-state index contributed by atoms with van der Waals surface area (Å²) in [5.74, 6) is 0.784. The van der Waals surface area contributed by atoms with E-state index in [2.05, 4.69) is 15.3 Å². The lowest BCUT2D eigenvalue weighted by Gasteiger charge is -2.07. The number of rotatable bonds is 4. The van der Waals surface area contributed by atoms with Gasteiger partial charge in [0.25, 0.3) is 0 Å². The lowest BCUT2D eigenvalue weighted by Crippen LogP contribution is -1.99. The number of aromatic nitrogens is 2. The predicted molar refractivity (Wildman–Crippen MR) is 69.5 cm³/mol. The van der Waals surface area contributed by atoms with Crippen LogP contribution in [0.5, 0.6) is 11.6 Å². The Hall–Kier alpha value is -2.70. The average molecular weight is 260 g/mol. The summed E-state index contributed by atoms with van der Waals surface area (Å²) < 4.78 is 5.46. The molecule has 0 aliphatic rings. The van der Waals surface area contributed by atoms with Crippen molar-refractivity contribution >= 4 is 11.6 Å². The van der Waals surface area contributed by atoms with Gasteiger partial charge in [-0.1, -0.05) is 12.1 Å². The molecule has 0 saturated carbocycles. The first kappa shape index (κ1) is 12.7. The van der Waals surface area contributed by atoms with E-state index >= 15 is 0 Å². The summed E-state index contributed by atoms with van der Waals surface area (Å²) in [6.45, 7) is 1.66. The molecule has 0 bridgehead atoms. The molecule has 0 unspecified atom stereocenters. The molecule has 2 rings (SSSR count). The highest BCUT2D eigenvalue weighted by Crippen LogP contribution is 2.33. The Labute approximate surface area is 109 Å². The summed E-state index contributed by atoms with van der Waals surface area (Å²) in [5.41, 5.74) is 0.470. The first-order valence-corrected chi connectivity index (χ1v) is 5.54. The molecule has 0 amide bonds. The molecular weight excluding hydrogens is 248 g/mol. The van der Waals surface area contributed by atoms with Gasteiger partial charge in [0.2, 0.25) is 17.6 Å². The quantitative estimate of drug-likeness (QED) is 0.671. The fraction of sp³-hybridized carbons (Fsp3) is 0.167. The van der Waals surface area contributed by atoms with Gasteiger partial charge in [0.1, 0.15) is 0 Å². The number of nitrogens with one attached hydrogen (secondary N) is 1. The summed E-state index contributed by atoms with van der Waals surface area (Å²) in [7, 11) is 1.67. The van der Waals surface area contributed by atoms with Crippen LogP contribution in [0.15, 0.2) is 30.5 Å². The Kier molecular flexibility index (Phi) is 3.56. The van der Waals surface area contributed by atoms with E-state index in [1.54, 1.807) is 26.1 Å². The Bertz CT molecular complexity index is 616. The molecule has 98 valence electrons. The van der Waals surface area contributed by atoms with Gasteiger partial charge in [-0.15, -0.1) is 0 Å². The predicted octanol–water partition coefficient (Wildman–Crippen LogP) is 2.53. The zero-order valence-electron chi connectivity index (χ0n) is 10.5. The largest absolute Gasteiger partial charge is 0.432 e. The Balaban J connectivity index is 2.38. The van der Waals surface area contributed by atoms with E-state index in [0.29, 0.717) is 11.5 Å². The van der Waals surface area contributed by atoms with Gasteiger partial charge in [-0.25, -0.2) is 4.98 Å². The topological polar surface area (TPSA) is 90.2 Å². The number of para-hydroxylation sites is 1. The van der Waals surface area contributed by atoms with Crippen molar-refractivity contribution in [2.24, 2.45) is 0 Å². The zero-order valence-corrected chi connectivity index (χ0v) is 10.5. The van der Waals surface area contributed by atoms with Crippen molar-refractivity contribution < 1.29 is 9.66 Å². The first-order valence-electron chi connectivity index (χ1n) is 5.54. The van der Waals surface area contributed by atoms with Crippen LogP contribution in [-0.2, 0) is 0 Å². The molecule has 1 N–H and O–H groups in total. The van der Waals surface area contributed by atoms with Gasteiger partial charge in [-0.05, 0) is 13.0 Å². The Morgan fingerprint density at radius 2 is 2.16 bits per heavy atom. The molecule has 0 atom stereocenters. The zero-order chi connectivity index (χ0) is 13.8. The van der Waals surface area contributed by atoms with Crippen LogP contribution >= 0.6 is 0 Å². The summed E-state index contributed by atoms with van der Waals surface area (Å²) in [4.78, 5) is 18.6. The van der Waals surface area contributed by atoms with Gasteiger partial charge < -0.3 is 10.1 Å². The molecule has 0 radical (unpaired) electrons. The standard InChI is InChI=1S/C12H12N4O3/c1-8-4-3-5-9(11(8)16(17)18)19-10-6-7-14-12(13-2)15-10/h3-7H,1-2H3,(H,13,14,15). The summed E-state index contributed by atoms with van der Waals surface area (Å²) in [5, 5.41) is 13.8. The van der Waals surface area contributed by atoms with Crippen molar-refractivity contribution in [2.45, 2.75) is 6.92 Å². The van der Waals surface area contributed by atoms with E-state index in [4.69, 9.17) is 4.74 Å². The number of ether oxygens (including phenoxy) is 1. The van der Waals surface area contributed by atoms with Gasteiger partial charge in [-0.3, -0.25) is 10.1 Å². The van der Waals surface area contributed by atoms with Crippen LogP contribution in [0.1, 0.15) is 5.56 Å². The van der Waals surface area contributed by atoms with Crippen molar-refractivity contribution in [2.75, 3.05) is 12.4 Å². The third kappa shape index (κ3) is 2.76. The van der Waals surface area contributed by atoms with E-state index in [1.165, 1.54) is 18.3 Å². The number of aryl methyl sites for hydroxylation is 1. The minimum atomic E-state index is -0.467. The highest BCUT2D eigenvalue weighted by atomic mass is 16.6. The molecule has 7 heteroatoms. The average Bonchev–Trinajstić information content (AvgIpc) is 2.38. The van der Waals surface area contributed by atoms with Crippen LogP contribution in [0.3, 0.4) is 0 Å². The van der Waals surface area contributed by atoms with E-state index in [1.807, 2.05) is 0 Å². The molecule has 2 aromatic rings. The van der Waals surface area contributed by atoms with Crippen LogP contribution in [-0.4, -0.2) is 21.9 Å². The minimum Gasteiger partial charge on any atom is -0.432 e. The summed E-state index contributed by atoms with van der Waals surface area (Å²) in [6, 6.07) is 6.42. The van der Waals surface area contributed by atoms with E-state index in [0.717, 1.165) is 0 Å². The number of nitro groups is 1. The molecule has 7 nitrogen and oxygen atoms in total. The number of benzene rings is 1. The molecule has 19 heavy (non-hydrogen) atoms. The summed E-state index contributed by atoms with van der Waals surface area (Å²) in [6.07, 6.45) is 1.51. The smallest absolute Gasteiger partial charge is 0.314 e. The molecular formula is C12H12N4O3. The number of anilines is 1. The molecule has 1 aromatic heterocycles. The molecule has 0 aliphatic heterocycles. The number of hydrogen-bond acceptors (Lipinski definition) is 6. The molecule has 0 spiro atoms. The number of nitrogens with zero attached hydrogens (tertiary/aromatic N) is 3. The van der Waals surface area contributed by atoms with Crippen LogP contribution in [0.4, 0.5) is 11.6 Å². The maximum Gasteiger partial charge on any atom is 0.314 e. The van der Waals surface area contributed by atoms with Crippen LogP contribution in [0, 0.1) is 17.0 Å². The van der Waals surface area contributed by atoms with Gasteiger partial charge in [0.05, 0.1) is 4.92 Å². The minimum absolute atomic E-state index is 0.0629. The van der Waals surface area contributed by atoms with Crippen molar-refractivity contribution in [1.29, 1.82) is 0 Å². The van der Waals surface area contributed by atoms with Crippen LogP contribution in [0.2, 0.25) is 0 Å². The molecule has 1 aromatic carbocycles. The van der Waals surface area contributed by atoms with Crippen LogP contribution in [0.25, 0.3) is 0 Å². The van der Waals surface area contributed by atoms with E-state index < -0.39 is 4.92 Å². The second-order valence-corrected chi connectivity index (χ2v) is 3.75. The highest BCUT2D eigenvalue weighted by molar-refractivity contribution is 5.53. The summed E-state index contributed by atoms with van der Waals surface area (Å²) >= 11 is 0. The SMILES string of the molecule is CNc1nccc(Oc2cccc(C)c2[N+](=O)[O-])n1. The molecule has 1 heterocycles. The van der Waals surface area contributed by atoms with E-state index in [9.17, 15) is 10.1 Å². The second kappa shape index (κ2) is 5.30. The van der Waals surface area contributed by atoms with Crippen LogP contribution < -0.4 is 10.1 Å². The monoisotopic (exact) mass is 260 g/mol. The second-order valence-electron chi connectivity index (χ2n) is 3.75. The molecule has 0 fully saturated rings. The van der Waals surface area contributed by atoms with E-state index in [-0.39, 0.29) is 17.3 Å². The first-order chi connectivity index (χ1) is 9.11. The lowest BCUT2D eigenvalue weighted by molar-refractivity contribution is -0.386. The van der Waals surface area contributed by atoms with Crippen molar-refractivity contribution in [3.05, 3.63) is 46.1 Å². The third-order valence-corrected chi connectivity index (χ3v) is 2.45. The maximum absolute atomic E-state index is 11.0. The normalized spacial score (nSPS) is 10.0. The van der Waals surface area contributed by atoms with Gasteiger partial charge >= 0.3 is 5.69 Å². The fourth-order valence-corrected chi connectivity index (χ4v) is 1.58. The van der Waals surface area contributed by atoms with Crippen molar-refractivity contribution in [3.63, 3.8) is 0 Å². The Morgan fingerprint density at radius 1 is 1.37 bits per heavy atom. The number of nitro benzene ring substituents is 1. The van der Waals surface area contributed by atoms with Gasteiger partial charge in [-0.2, -0.15) is 4.98 Å². The Morgan fingerprint density at radius 3 is 2.84 bits per heavy atom. The number of hydrogen-bond donors (Lipinski definition) is 1. The van der Waals surface area contributed by atoms with Crippen molar-refractivity contribution in [1.82, 2.24) is 9.97 Å². The third-order valence-electron chi connectivity index (χ3n) is 2.45. The van der Waals surface area contributed by atoms with Crippen molar-refractivity contribution in [3.8, 4) is 11.6 Å². The fourth-order valence-electron chi connectivity index (χ4n) is 1.58. The lowest BCUT2D eigenvalue weighted by atomic mass is 10.2. The van der Waals surface area contributed by atoms with Gasteiger partial charge in [0, 0.05) is 24.9 Å². The van der Waals surface area contributed by atoms with Gasteiger partial charge in [0.15, 0.2) is 0 Å². The highest BCUT2D eigenvalue weighted by Gasteiger charge is 2.19.